The number of anilines is 2. The fourth-order valence-corrected chi connectivity index (χ4v) is 9.06. The first-order valence-electron chi connectivity index (χ1n) is 16.6. The maximum Gasteiger partial charge on any atom is 0.308 e. The molecule has 1 fully saturated rings. The number of pyridine rings is 1. The second kappa shape index (κ2) is 10.7. The summed E-state index contributed by atoms with van der Waals surface area (Å²) in [6, 6.07) is 10.6. The van der Waals surface area contributed by atoms with Crippen molar-refractivity contribution in [2.75, 3.05) is 16.8 Å². The number of rotatable bonds is 4. The van der Waals surface area contributed by atoms with E-state index >= 15 is 0 Å². The van der Waals surface area contributed by atoms with Gasteiger partial charge < -0.3 is 34.8 Å². The van der Waals surface area contributed by atoms with Crippen molar-refractivity contribution in [2.24, 2.45) is 11.8 Å². The number of hydrogen-bond donors (Lipinski definition) is 4. The van der Waals surface area contributed by atoms with Crippen molar-refractivity contribution >= 4 is 34.7 Å². The number of carbonyl (C=O) groups excluding carboxylic acids is 3. The third kappa shape index (κ3) is 4.20. The molecule has 256 valence electrons. The molecule has 12 heteroatoms. The summed E-state index contributed by atoms with van der Waals surface area (Å²) < 4.78 is 7.66. The second-order valence-corrected chi connectivity index (χ2v) is 14.2. The fourth-order valence-electron chi connectivity index (χ4n) is 9.06. The van der Waals surface area contributed by atoms with Gasteiger partial charge in [-0.25, -0.2) is 0 Å². The van der Waals surface area contributed by atoms with Gasteiger partial charge in [-0.2, -0.15) is 0 Å². The van der Waals surface area contributed by atoms with Crippen LogP contribution in [0.3, 0.4) is 0 Å². The van der Waals surface area contributed by atoms with Crippen LogP contribution < -0.4 is 20.5 Å². The Labute approximate surface area is 286 Å². The average Bonchev–Trinajstić information content (AvgIpc) is 3.36. The molecule has 2 aromatic carbocycles. The Balaban J connectivity index is 1.15. The minimum absolute atomic E-state index is 0.00793. The molecule has 3 aromatic rings. The van der Waals surface area contributed by atoms with Gasteiger partial charge in [0.1, 0.15) is 34.0 Å². The molecule has 5 unspecified atom stereocenters. The molecule has 4 N–H and O–H groups in total. The Morgan fingerprint density at radius 3 is 2.52 bits per heavy atom. The normalized spacial score (nSPS) is 26.8. The van der Waals surface area contributed by atoms with Crippen LogP contribution >= 0.6 is 0 Å². The topological polar surface area (TPSA) is 175 Å². The number of piperidine rings is 1. The molecule has 4 aliphatic heterocycles. The van der Waals surface area contributed by atoms with Crippen molar-refractivity contribution in [3.63, 3.8) is 0 Å². The van der Waals surface area contributed by atoms with Crippen LogP contribution in [0, 0.1) is 18.8 Å². The van der Waals surface area contributed by atoms with E-state index in [-0.39, 0.29) is 69.3 Å². The number of fused-ring (bicyclic) bond motifs is 11. The Hall–Kier alpha value is -5.65. The quantitative estimate of drug-likeness (QED) is 0.178. The number of aromatic hydroxyl groups is 2. The standard InChI is InChI=1S/C38H35N3O9/c1-16-33(45)30(18(3)42)35-31(34(16)46)38(4)27(50-35)13-26(43)29(36(38)47)17(2)39-22-8-9-25-19(11-22)12-23(37(48)49)32-21-10-20(14-41(25)32)24-6-5-7-28(44)40(24)15-21/h5-9,11,13,20-21,23,32,39,45-46H,10,12,14-15H2,1-4H3,(H,48,49). The van der Waals surface area contributed by atoms with Crippen molar-refractivity contribution in [1.82, 2.24) is 4.57 Å². The van der Waals surface area contributed by atoms with E-state index < -0.39 is 46.2 Å². The first-order valence-corrected chi connectivity index (χ1v) is 16.6. The molecule has 5 atom stereocenters. The number of ketones is 3. The number of carbonyl (C=O) groups is 4. The van der Waals surface area contributed by atoms with Gasteiger partial charge in [0.25, 0.3) is 5.56 Å². The van der Waals surface area contributed by atoms with Crippen LogP contribution in [-0.4, -0.2) is 55.8 Å². The van der Waals surface area contributed by atoms with Crippen molar-refractivity contribution < 1.29 is 39.2 Å². The lowest BCUT2D eigenvalue weighted by atomic mass is 9.70. The van der Waals surface area contributed by atoms with Gasteiger partial charge in [0.15, 0.2) is 17.3 Å². The highest BCUT2D eigenvalue weighted by atomic mass is 16.5. The van der Waals surface area contributed by atoms with Gasteiger partial charge in [0.05, 0.1) is 17.1 Å². The number of aliphatic carboxylic acids is 1. The van der Waals surface area contributed by atoms with Crippen LogP contribution in [0.15, 0.2) is 64.3 Å². The summed E-state index contributed by atoms with van der Waals surface area (Å²) in [4.78, 5) is 67.9. The van der Waals surface area contributed by atoms with E-state index in [1.54, 1.807) is 23.6 Å². The Morgan fingerprint density at radius 2 is 1.80 bits per heavy atom. The predicted octanol–water partition coefficient (Wildman–Crippen LogP) is 4.09. The second-order valence-electron chi connectivity index (χ2n) is 14.2. The van der Waals surface area contributed by atoms with Crippen LogP contribution in [0.1, 0.15) is 65.9 Å². The zero-order valence-electron chi connectivity index (χ0n) is 27.9. The molecular formula is C38H35N3O9. The van der Waals surface area contributed by atoms with Gasteiger partial charge >= 0.3 is 5.97 Å². The first-order chi connectivity index (χ1) is 23.7. The number of allylic oxidation sites excluding steroid dienone is 4. The molecule has 2 bridgehead atoms. The number of nitrogens with zero attached hydrogens (tertiary/aromatic N) is 2. The van der Waals surface area contributed by atoms with Crippen molar-refractivity contribution in [1.29, 1.82) is 0 Å². The number of aromatic nitrogens is 1. The van der Waals surface area contributed by atoms with Crippen molar-refractivity contribution in [3.8, 4) is 17.2 Å². The molecule has 1 aliphatic carbocycles. The number of phenolic OH excluding ortho intramolecular Hbond substituents is 2. The van der Waals surface area contributed by atoms with Gasteiger partial charge in [-0.3, -0.25) is 24.0 Å². The third-order valence-electron chi connectivity index (χ3n) is 11.4. The van der Waals surface area contributed by atoms with Crippen LogP contribution in [0.4, 0.5) is 11.4 Å². The molecule has 0 radical (unpaired) electrons. The Kier molecular flexibility index (Phi) is 6.75. The lowest BCUT2D eigenvalue weighted by molar-refractivity contribution is -0.143. The molecular weight excluding hydrogens is 642 g/mol. The van der Waals surface area contributed by atoms with Crippen LogP contribution in [0.25, 0.3) is 0 Å². The summed E-state index contributed by atoms with van der Waals surface area (Å²) in [7, 11) is 0. The van der Waals surface area contributed by atoms with Gasteiger partial charge in [-0.1, -0.05) is 6.07 Å². The van der Waals surface area contributed by atoms with Crippen molar-refractivity contribution in [3.05, 3.63) is 97.8 Å². The average molecular weight is 678 g/mol. The van der Waals surface area contributed by atoms with Gasteiger partial charge in [0, 0.05) is 65.5 Å². The summed E-state index contributed by atoms with van der Waals surface area (Å²) in [5.74, 6) is -4.41. The van der Waals surface area contributed by atoms with E-state index in [0.717, 1.165) is 23.4 Å². The fraction of sp³-hybridized carbons (Fsp3) is 0.342. The summed E-state index contributed by atoms with van der Waals surface area (Å²) in [6.07, 6.45) is 2.26. The van der Waals surface area contributed by atoms with E-state index in [9.17, 15) is 39.3 Å². The number of carboxylic acid groups (broad SMARTS) is 1. The highest BCUT2D eigenvalue weighted by Gasteiger charge is 2.56. The number of nitrogens with one attached hydrogen (secondary N) is 1. The largest absolute Gasteiger partial charge is 0.507 e. The van der Waals surface area contributed by atoms with Gasteiger partial charge in [-0.05, 0) is 76.3 Å². The number of carboxylic acids is 1. The molecule has 0 spiro atoms. The minimum Gasteiger partial charge on any atom is -0.507 e. The monoisotopic (exact) mass is 677 g/mol. The SMILES string of the molecule is CC(=O)c1c(O)c(C)c(O)c2c1OC1=CC(=O)C(=C(C)Nc3ccc4c(c3)CC(C(=O)O)C3C5CC(CN43)c3cccc(=O)n3C5)C(=O)C12C. The Bertz CT molecular complexity index is 2250. The molecule has 1 saturated heterocycles. The maximum atomic E-state index is 14.3. The molecule has 0 amide bonds. The number of benzene rings is 2. The molecule has 1 aromatic heterocycles. The summed E-state index contributed by atoms with van der Waals surface area (Å²) in [5, 5.41) is 35.3. The predicted molar refractivity (Wildman–Crippen MR) is 181 cm³/mol. The van der Waals surface area contributed by atoms with Crippen LogP contribution in [0.5, 0.6) is 17.2 Å². The lowest BCUT2D eigenvalue weighted by Gasteiger charge is -2.53. The highest BCUT2D eigenvalue weighted by Crippen LogP contribution is 2.57. The van der Waals surface area contributed by atoms with Crippen LogP contribution in [0.2, 0.25) is 0 Å². The molecule has 50 heavy (non-hydrogen) atoms. The smallest absolute Gasteiger partial charge is 0.308 e. The highest BCUT2D eigenvalue weighted by molar-refractivity contribution is 6.31. The zero-order valence-corrected chi connectivity index (χ0v) is 27.9. The Morgan fingerprint density at radius 1 is 1.04 bits per heavy atom. The maximum absolute atomic E-state index is 14.3. The van der Waals surface area contributed by atoms with E-state index in [4.69, 9.17) is 4.74 Å². The summed E-state index contributed by atoms with van der Waals surface area (Å²) in [5.41, 5.74) is 1.45. The van der Waals surface area contributed by atoms with Crippen LogP contribution in [-0.2, 0) is 32.8 Å². The molecule has 12 nitrogen and oxygen atoms in total. The van der Waals surface area contributed by atoms with E-state index in [0.29, 0.717) is 18.8 Å². The van der Waals surface area contributed by atoms with E-state index in [1.807, 2.05) is 24.3 Å². The number of hydrogen-bond acceptors (Lipinski definition) is 10. The van der Waals surface area contributed by atoms with E-state index in [2.05, 4.69) is 10.2 Å². The zero-order chi connectivity index (χ0) is 35.5. The molecule has 0 saturated carbocycles. The minimum atomic E-state index is -1.65. The third-order valence-corrected chi connectivity index (χ3v) is 11.4. The number of ether oxygens (including phenoxy) is 1. The van der Waals surface area contributed by atoms with Crippen molar-refractivity contribution in [2.45, 2.75) is 64.5 Å². The number of phenols is 2. The van der Waals surface area contributed by atoms with Gasteiger partial charge in [0.2, 0.25) is 0 Å². The van der Waals surface area contributed by atoms with E-state index in [1.165, 1.54) is 26.8 Å². The summed E-state index contributed by atoms with van der Waals surface area (Å²) >= 11 is 0. The molecule has 5 heterocycles. The molecule has 5 aliphatic rings. The summed E-state index contributed by atoms with van der Waals surface area (Å²) in [6.45, 7) is 6.81. The first kappa shape index (κ1) is 31.6. The van der Waals surface area contributed by atoms with Gasteiger partial charge in [-0.15, -0.1) is 0 Å². The lowest BCUT2D eigenvalue weighted by Crippen LogP contribution is -2.60. The number of Topliss-reactive ketones (excluding diaryl/α,β-unsaturated/α-hetero) is 2. The molecule has 8 rings (SSSR count).